The summed E-state index contributed by atoms with van der Waals surface area (Å²) in [5, 5.41) is 13.2. The highest BCUT2D eigenvalue weighted by Crippen LogP contribution is 2.18. The van der Waals surface area contributed by atoms with E-state index in [0.29, 0.717) is 17.9 Å². The summed E-state index contributed by atoms with van der Waals surface area (Å²) in [6, 6.07) is 4.93. The summed E-state index contributed by atoms with van der Waals surface area (Å²) in [6.07, 6.45) is 0.599. The van der Waals surface area contributed by atoms with Crippen LogP contribution in [0.15, 0.2) is 24.3 Å². The number of nitro benzene ring substituents is 1. The van der Waals surface area contributed by atoms with Gasteiger partial charge in [-0.2, -0.15) is 0 Å². The molecule has 1 aliphatic rings. The van der Waals surface area contributed by atoms with Gasteiger partial charge in [0, 0.05) is 12.1 Å². The van der Waals surface area contributed by atoms with Gasteiger partial charge in [-0.05, 0) is 17.9 Å². The average Bonchev–Trinajstić information content (AvgIpc) is 2.66. The fourth-order valence-corrected chi connectivity index (χ4v) is 2.26. The Bertz CT molecular complexity index is 568. The molecule has 0 unspecified atom stereocenters. The molecule has 21 heavy (non-hydrogen) atoms. The van der Waals surface area contributed by atoms with Gasteiger partial charge in [0.05, 0.1) is 11.5 Å². The lowest BCUT2D eigenvalue weighted by Gasteiger charge is -2.13. The lowest BCUT2D eigenvalue weighted by molar-refractivity contribution is -0.384. The van der Waals surface area contributed by atoms with Crippen molar-refractivity contribution in [2.24, 2.45) is 5.92 Å². The van der Waals surface area contributed by atoms with Crippen molar-refractivity contribution in [3.05, 3.63) is 39.9 Å². The van der Waals surface area contributed by atoms with Crippen LogP contribution in [0.25, 0.3) is 0 Å². The molecule has 1 heterocycles. The van der Waals surface area contributed by atoms with E-state index in [1.807, 2.05) is 13.8 Å². The second kappa shape index (κ2) is 5.90. The first-order chi connectivity index (χ1) is 9.88. The predicted octanol–water partition coefficient (Wildman–Crippen LogP) is 2.06. The molecule has 0 aliphatic carbocycles. The molecule has 0 spiro atoms. The van der Waals surface area contributed by atoms with E-state index in [1.165, 1.54) is 12.1 Å². The van der Waals surface area contributed by atoms with E-state index < -0.39 is 17.0 Å². The highest BCUT2D eigenvalue weighted by Gasteiger charge is 2.37. The fourth-order valence-electron chi connectivity index (χ4n) is 2.26. The van der Waals surface area contributed by atoms with Gasteiger partial charge in [0.2, 0.25) is 0 Å². The zero-order valence-corrected chi connectivity index (χ0v) is 11.9. The summed E-state index contributed by atoms with van der Waals surface area (Å²) in [5.74, 6) is 0.0608. The maximum Gasteiger partial charge on any atom is 0.325 e. The Labute approximate surface area is 122 Å². The molecule has 0 radical (unpaired) electrons. The number of non-ortho nitro benzene ring substituents is 1. The Morgan fingerprint density at radius 2 is 1.90 bits per heavy atom. The minimum atomic E-state index is -0.490. The quantitative estimate of drug-likeness (QED) is 0.510. The number of hydrogen-bond acceptors (Lipinski definition) is 4. The van der Waals surface area contributed by atoms with Gasteiger partial charge in [-0.3, -0.25) is 19.8 Å². The van der Waals surface area contributed by atoms with Crippen LogP contribution >= 0.6 is 0 Å². The topological polar surface area (TPSA) is 92.6 Å². The first kappa shape index (κ1) is 15.0. The molecule has 3 amide bonds. The number of nitro groups is 1. The second-order valence-corrected chi connectivity index (χ2v) is 5.48. The van der Waals surface area contributed by atoms with Crippen molar-refractivity contribution in [1.82, 2.24) is 10.2 Å². The third-order valence-electron chi connectivity index (χ3n) is 3.30. The second-order valence-electron chi connectivity index (χ2n) is 5.48. The van der Waals surface area contributed by atoms with Crippen LogP contribution in [0, 0.1) is 16.0 Å². The van der Waals surface area contributed by atoms with Crippen molar-refractivity contribution in [3.63, 3.8) is 0 Å². The predicted molar refractivity (Wildman–Crippen MR) is 75.4 cm³/mol. The number of urea groups is 1. The monoisotopic (exact) mass is 291 g/mol. The first-order valence-electron chi connectivity index (χ1n) is 6.73. The van der Waals surface area contributed by atoms with Gasteiger partial charge in [0.15, 0.2) is 0 Å². The van der Waals surface area contributed by atoms with Gasteiger partial charge in [0.25, 0.3) is 11.6 Å². The Hall–Kier alpha value is -2.44. The number of carbonyl (C=O) groups excluding carboxylic acids is 2. The number of amides is 3. The molecule has 1 aromatic carbocycles. The van der Waals surface area contributed by atoms with Crippen LogP contribution in [0.1, 0.15) is 25.8 Å². The van der Waals surface area contributed by atoms with Gasteiger partial charge in [-0.25, -0.2) is 4.79 Å². The molecule has 1 N–H and O–H groups in total. The van der Waals surface area contributed by atoms with E-state index in [4.69, 9.17) is 0 Å². The highest BCUT2D eigenvalue weighted by molar-refractivity contribution is 6.04. The molecule has 2 rings (SSSR count). The highest BCUT2D eigenvalue weighted by atomic mass is 16.6. The maximum atomic E-state index is 12.2. The van der Waals surface area contributed by atoms with Crippen LogP contribution in [0.3, 0.4) is 0 Å². The minimum Gasteiger partial charge on any atom is -0.326 e. The molecule has 1 aliphatic heterocycles. The summed E-state index contributed by atoms with van der Waals surface area (Å²) >= 11 is 0. The summed E-state index contributed by atoms with van der Waals surface area (Å²) in [4.78, 5) is 35.2. The number of benzene rings is 1. The molecule has 0 bridgehead atoms. The van der Waals surface area contributed by atoms with Gasteiger partial charge in [-0.1, -0.05) is 26.0 Å². The number of hydrogen-bond donors (Lipinski definition) is 1. The molecule has 7 heteroatoms. The van der Waals surface area contributed by atoms with Crippen molar-refractivity contribution in [1.29, 1.82) is 0 Å². The summed E-state index contributed by atoms with van der Waals surface area (Å²) in [7, 11) is 0. The molecule has 0 aromatic heterocycles. The standard InChI is InChI=1S/C14H17N3O4/c1-9(2)7-12-13(18)16(14(19)15-12)8-10-3-5-11(6-4-10)17(20)21/h3-6,9,12H,7-8H2,1-2H3,(H,15,19)/t12-/m0/s1. The zero-order chi connectivity index (χ0) is 15.6. The molecule has 7 nitrogen and oxygen atoms in total. The number of nitrogens with one attached hydrogen (secondary N) is 1. The van der Waals surface area contributed by atoms with E-state index in [9.17, 15) is 19.7 Å². The molecular formula is C14H17N3O4. The fraction of sp³-hybridized carbons (Fsp3) is 0.429. The molecule has 0 saturated carbocycles. The van der Waals surface area contributed by atoms with Crippen LogP contribution in [0.4, 0.5) is 10.5 Å². The van der Waals surface area contributed by atoms with Crippen LogP contribution in [-0.2, 0) is 11.3 Å². The Morgan fingerprint density at radius 1 is 1.29 bits per heavy atom. The Balaban J connectivity index is 2.07. The SMILES string of the molecule is CC(C)C[C@@H]1NC(=O)N(Cc2ccc([N+](=O)[O-])cc2)C1=O. The summed E-state index contributed by atoms with van der Waals surface area (Å²) in [5.41, 5.74) is 0.655. The average molecular weight is 291 g/mol. The Morgan fingerprint density at radius 3 is 2.43 bits per heavy atom. The lowest BCUT2D eigenvalue weighted by Crippen LogP contribution is -2.31. The van der Waals surface area contributed by atoms with Crippen LogP contribution < -0.4 is 5.32 Å². The van der Waals surface area contributed by atoms with Crippen LogP contribution in [0.5, 0.6) is 0 Å². The molecule has 1 aromatic rings. The number of carbonyl (C=O) groups is 2. The van der Waals surface area contributed by atoms with Crippen molar-refractivity contribution >= 4 is 17.6 Å². The Kier molecular flexibility index (Phi) is 4.21. The van der Waals surface area contributed by atoms with Gasteiger partial charge < -0.3 is 5.32 Å². The van der Waals surface area contributed by atoms with Crippen molar-refractivity contribution < 1.29 is 14.5 Å². The van der Waals surface area contributed by atoms with E-state index in [1.54, 1.807) is 12.1 Å². The molecular weight excluding hydrogens is 274 g/mol. The zero-order valence-electron chi connectivity index (χ0n) is 11.9. The molecule has 1 saturated heterocycles. The largest absolute Gasteiger partial charge is 0.326 e. The minimum absolute atomic E-state index is 0.0198. The van der Waals surface area contributed by atoms with E-state index >= 15 is 0 Å². The van der Waals surface area contributed by atoms with Crippen LogP contribution in [0.2, 0.25) is 0 Å². The normalized spacial score (nSPS) is 18.2. The lowest BCUT2D eigenvalue weighted by atomic mass is 10.0. The summed E-state index contributed by atoms with van der Waals surface area (Å²) < 4.78 is 0. The number of imide groups is 1. The number of rotatable bonds is 5. The smallest absolute Gasteiger partial charge is 0.325 e. The van der Waals surface area contributed by atoms with Crippen molar-refractivity contribution in [2.75, 3.05) is 0 Å². The van der Waals surface area contributed by atoms with Crippen molar-refractivity contribution in [2.45, 2.75) is 32.9 Å². The number of nitrogens with zero attached hydrogens (tertiary/aromatic N) is 2. The first-order valence-corrected chi connectivity index (χ1v) is 6.73. The molecule has 1 atom stereocenters. The van der Waals surface area contributed by atoms with Crippen LogP contribution in [-0.4, -0.2) is 27.8 Å². The van der Waals surface area contributed by atoms with E-state index in [0.717, 1.165) is 4.90 Å². The van der Waals surface area contributed by atoms with E-state index in [2.05, 4.69) is 5.32 Å². The van der Waals surface area contributed by atoms with E-state index in [-0.39, 0.29) is 18.1 Å². The summed E-state index contributed by atoms with van der Waals surface area (Å²) in [6.45, 7) is 4.09. The molecule has 112 valence electrons. The van der Waals surface area contributed by atoms with Gasteiger partial charge in [-0.15, -0.1) is 0 Å². The third kappa shape index (κ3) is 3.36. The van der Waals surface area contributed by atoms with Gasteiger partial charge in [0.1, 0.15) is 6.04 Å². The van der Waals surface area contributed by atoms with Crippen molar-refractivity contribution in [3.8, 4) is 0 Å². The maximum absolute atomic E-state index is 12.2. The third-order valence-corrected chi connectivity index (χ3v) is 3.30. The van der Waals surface area contributed by atoms with Gasteiger partial charge >= 0.3 is 6.03 Å². The molecule has 1 fully saturated rings.